The lowest BCUT2D eigenvalue weighted by molar-refractivity contribution is -0.132. The summed E-state index contributed by atoms with van der Waals surface area (Å²) in [6, 6.07) is 8.71. The fraction of sp³-hybridized carbons (Fsp3) is 0.182. The Labute approximate surface area is 88.8 Å². The lowest BCUT2D eigenvalue weighted by atomic mass is 10.2. The lowest BCUT2D eigenvalue weighted by Gasteiger charge is -1.87. The third-order valence-electron chi connectivity index (χ3n) is 1.49. The highest BCUT2D eigenvalue weighted by atomic mass is 16.4. The summed E-state index contributed by atoms with van der Waals surface area (Å²) < 4.78 is 0. The van der Waals surface area contributed by atoms with Crippen LogP contribution in [0.3, 0.4) is 0 Å². The molecule has 0 amide bonds. The van der Waals surface area contributed by atoms with E-state index >= 15 is 0 Å². The molecule has 4 N–H and O–H groups in total. The number of hydrogen-bond donors (Lipinski definition) is 2. The van der Waals surface area contributed by atoms with Gasteiger partial charge in [-0.05, 0) is 18.6 Å². The van der Waals surface area contributed by atoms with Crippen molar-refractivity contribution in [2.24, 2.45) is 0 Å². The molecule has 0 heterocycles. The van der Waals surface area contributed by atoms with E-state index in [-0.39, 0.29) is 11.0 Å². The maximum absolute atomic E-state index is 9.83. The molecule has 0 fully saturated rings. The van der Waals surface area contributed by atoms with E-state index in [0.717, 1.165) is 0 Å². The van der Waals surface area contributed by atoms with Crippen LogP contribution in [0.5, 0.6) is 5.75 Å². The molecule has 0 unspecified atom stereocenters. The maximum atomic E-state index is 9.83. The van der Waals surface area contributed by atoms with E-state index in [1.54, 1.807) is 31.2 Å². The van der Waals surface area contributed by atoms with Gasteiger partial charge in [-0.15, -0.1) is 0 Å². The molecule has 0 bridgehead atoms. The van der Waals surface area contributed by atoms with Gasteiger partial charge in [0, 0.05) is 5.57 Å². The minimum absolute atomic E-state index is 0. The molecule has 0 atom stereocenters. The zero-order chi connectivity index (χ0) is 11.0. The average Bonchev–Trinajstić information content (AvgIpc) is 2.18. The molecule has 0 radical (unpaired) electrons. The Balaban J connectivity index is 0. The van der Waals surface area contributed by atoms with E-state index in [1.165, 1.54) is 0 Å². The van der Waals surface area contributed by atoms with Gasteiger partial charge >= 0.3 is 5.97 Å². The molecule has 84 valence electrons. The zero-order valence-electron chi connectivity index (χ0n) is 8.60. The van der Waals surface area contributed by atoms with Crippen LogP contribution in [0.2, 0.25) is 0 Å². The normalized spacial score (nSPS) is 7.80. The van der Waals surface area contributed by atoms with Gasteiger partial charge in [0.2, 0.25) is 0 Å². The average molecular weight is 212 g/mol. The molecule has 0 spiro atoms. The summed E-state index contributed by atoms with van der Waals surface area (Å²) in [6.45, 7) is 5.03. The Kier molecular flexibility index (Phi) is 9.16. The third-order valence-corrected chi connectivity index (χ3v) is 1.49. The number of benzene rings is 1. The van der Waals surface area contributed by atoms with Gasteiger partial charge in [-0.2, -0.15) is 0 Å². The largest absolute Gasteiger partial charge is 0.508 e. The molecule has 0 aliphatic rings. The van der Waals surface area contributed by atoms with E-state index in [9.17, 15) is 4.79 Å². The quantitative estimate of drug-likeness (QED) is 0.730. The second kappa shape index (κ2) is 8.77. The minimum Gasteiger partial charge on any atom is -0.508 e. The van der Waals surface area contributed by atoms with Crippen molar-refractivity contribution in [3.05, 3.63) is 42.5 Å². The van der Waals surface area contributed by atoms with Crippen molar-refractivity contribution in [3.63, 3.8) is 0 Å². The van der Waals surface area contributed by atoms with E-state index < -0.39 is 5.97 Å². The number of phenolic OH excluding ortho intramolecular Hbond substituents is 1. The van der Waals surface area contributed by atoms with Crippen molar-refractivity contribution in [1.82, 2.24) is 0 Å². The Morgan fingerprint density at radius 3 is 1.93 bits per heavy atom. The Hall–Kier alpha value is -1.81. The van der Waals surface area contributed by atoms with Crippen molar-refractivity contribution < 1.29 is 20.5 Å². The molecule has 4 nitrogen and oxygen atoms in total. The van der Waals surface area contributed by atoms with Gasteiger partial charge in [-0.3, -0.25) is 0 Å². The summed E-state index contributed by atoms with van der Waals surface area (Å²) in [7, 11) is 0. The van der Waals surface area contributed by atoms with Crippen LogP contribution in [-0.2, 0) is 4.79 Å². The summed E-state index contributed by atoms with van der Waals surface area (Å²) in [4.78, 5) is 9.83. The van der Waals surface area contributed by atoms with Crippen LogP contribution in [0.1, 0.15) is 13.3 Å². The van der Waals surface area contributed by atoms with E-state index in [0.29, 0.717) is 12.2 Å². The molecule has 4 heteroatoms. The molecule has 0 aliphatic heterocycles. The molecule has 15 heavy (non-hydrogen) atoms. The molecular weight excluding hydrogens is 196 g/mol. The van der Waals surface area contributed by atoms with Gasteiger partial charge in [0.25, 0.3) is 0 Å². The first kappa shape index (κ1) is 15.7. The molecule has 0 aromatic heterocycles. The van der Waals surface area contributed by atoms with Crippen LogP contribution in [0, 0.1) is 0 Å². The number of aromatic hydroxyl groups is 1. The topological polar surface area (TPSA) is 89.0 Å². The molecular formula is C11H16O4. The van der Waals surface area contributed by atoms with Crippen molar-refractivity contribution in [2.75, 3.05) is 0 Å². The molecule has 0 saturated carbocycles. The van der Waals surface area contributed by atoms with Crippen LogP contribution < -0.4 is 0 Å². The van der Waals surface area contributed by atoms with Crippen LogP contribution in [0.15, 0.2) is 42.5 Å². The smallest absolute Gasteiger partial charge is 0.330 e. The molecule has 0 aliphatic carbocycles. The fourth-order valence-electron chi connectivity index (χ4n) is 0.579. The number of hydrogen-bond acceptors (Lipinski definition) is 2. The minimum atomic E-state index is -0.900. The number of carboxylic acid groups (broad SMARTS) is 1. The predicted molar refractivity (Wildman–Crippen MR) is 58.8 cm³/mol. The highest BCUT2D eigenvalue weighted by Gasteiger charge is 1.96. The van der Waals surface area contributed by atoms with E-state index in [2.05, 4.69) is 6.58 Å². The van der Waals surface area contributed by atoms with Crippen LogP contribution >= 0.6 is 0 Å². The van der Waals surface area contributed by atoms with Gasteiger partial charge < -0.3 is 15.7 Å². The van der Waals surface area contributed by atoms with Crippen molar-refractivity contribution >= 4 is 5.97 Å². The summed E-state index contributed by atoms with van der Waals surface area (Å²) in [5, 5.41) is 16.7. The Morgan fingerprint density at radius 1 is 1.33 bits per heavy atom. The first-order valence-electron chi connectivity index (χ1n) is 4.23. The summed E-state index contributed by atoms with van der Waals surface area (Å²) >= 11 is 0. The Bertz CT molecular complexity index is 293. The van der Waals surface area contributed by atoms with E-state index in [4.69, 9.17) is 10.2 Å². The lowest BCUT2D eigenvalue weighted by Crippen LogP contribution is -1.95. The van der Waals surface area contributed by atoms with Crippen molar-refractivity contribution in [2.45, 2.75) is 13.3 Å². The van der Waals surface area contributed by atoms with Gasteiger partial charge in [0.15, 0.2) is 0 Å². The number of phenols is 1. The van der Waals surface area contributed by atoms with E-state index in [1.807, 2.05) is 6.07 Å². The van der Waals surface area contributed by atoms with Crippen molar-refractivity contribution in [3.8, 4) is 5.75 Å². The number of aliphatic carboxylic acids is 1. The summed E-state index contributed by atoms with van der Waals surface area (Å²) in [5.41, 5.74) is 0.264. The summed E-state index contributed by atoms with van der Waals surface area (Å²) in [5.74, 6) is -0.579. The van der Waals surface area contributed by atoms with Crippen LogP contribution in [0.25, 0.3) is 0 Å². The number of rotatable bonds is 2. The first-order valence-corrected chi connectivity index (χ1v) is 4.23. The third kappa shape index (κ3) is 8.52. The molecule has 1 aromatic rings. The van der Waals surface area contributed by atoms with Gasteiger partial charge in [0.1, 0.15) is 5.75 Å². The predicted octanol–water partition coefficient (Wildman–Crippen LogP) is 1.60. The van der Waals surface area contributed by atoms with Crippen LogP contribution in [0.4, 0.5) is 0 Å². The number of para-hydroxylation sites is 1. The highest BCUT2D eigenvalue weighted by Crippen LogP contribution is 2.02. The summed E-state index contributed by atoms with van der Waals surface area (Å²) in [6.07, 6.45) is 0.523. The van der Waals surface area contributed by atoms with Crippen molar-refractivity contribution in [1.29, 1.82) is 0 Å². The zero-order valence-corrected chi connectivity index (χ0v) is 8.60. The van der Waals surface area contributed by atoms with Gasteiger partial charge in [-0.1, -0.05) is 31.7 Å². The maximum Gasteiger partial charge on any atom is 0.330 e. The molecule has 1 aromatic carbocycles. The monoisotopic (exact) mass is 212 g/mol. The second-order valence-electron chi connectivity index (χ2n) is 2.60. The Morgan fingerprint density at radius 2 is 1.80 bits per heavy atom. The SMILES string of the molecule is C=C(CC)C(=O)O.O.Oc1ccccc1. The standard InChI is InChI=1S/C6H6O.C5H8O2.H2O/c7-6-4-2-1-3-5-6;1-3-4(2)5(6)7;/h1-5,7H;2-3H2,1H3,(H,6,7);1H2. The first-order chi connectivity index (χ1) is 6.57. The second-order valence-corrected chi connectivity index (χ2v) is 2.60. The molecule has 1 rings (SSSR count). The number of carboxylic acids is 1. The van der Waals surface area contributed by atoms with Gasteiger partial charge in [0.05, 0.1) is 0 Å². The van der Waals surface area contributed by atoms with Gasteiger partial charge in [-0.25, -0.2) is 4.79 Å². The van der Waals surface area contributed by atoms with Crippen LogP contribution in [-0.4, -0.2) is 21.7 Å². The highest BCUT2D eigenvalue weighted by molar-refractivity contribution is 5.85. The fourth-order valence-corrected chi connectivity index (χ4v) is 0.579. The molecule has 0 saturated heterocycles. The number of carbonyl (C=O) groups is 1.